The van der Waals surface area contributed by atoms with Crippen molar-refractivity contribution in [1.82, 2.24) is 0 Å². The van der Waals surface area contributed by atoms with Gasteiger partial charge in [-0.2, -0.15) is 0 Å². The Bertz CT molecular complexity index is 3010. The van der Waals surface area contributed by atoms with Crippen LogP contribution in [0.3, 0.4) is 0 Å². The number of hydrogen-bond donors (Lipinski definition) is 0. The molecule has 0 bridgehead atoms. The molecule has 1 aliphatic heterocycles. The maximum atomic E-state index is 6.54. The van der Waals surface area contributed by atoms with Gasteiger partial charge in [0.1, 0.15) is 11.5 Å². The zero-order valence-electron chi connectivity index (χ0n) is 30.8. The van der Waals surface area contributed by atoms with Gasteiger partial charge in [0.2, 0.25) is 0 Å². The number of fused-ring (bicyclic) bond motifs is 8. The summed E-state index contributed by atoms with van der Waals surface area (Å²) in [5.41, 5.74) is 11.6. The standard InChI is InChI=1S/C54H37NO/c1-2-10-36(11-3-1)37-24-29-44(30-25-37)55(46-14-8-13-42(35-46)49-17-9-18-51-50-16-6-7-19-52(50)56-54(49)51)45-31-26-38(27-32-45)41-28-33-48-43(34-41)23-22-40-21-20-39-12-4-5-15-47(39)53(40)48/h1-15,17-35,50H,16H2. The predicted molar refractivity (Wildman–Crippen MR) is 235 cm³/mol. The van der Waals surface area contributed by atoms with Gasteiger partial charge >= 0.3 is 0 Å². The lowest BCUT2D eigenvalue weighted by Crippen LogP contribution is -2.10. The summed E-state index contributed by atoms with van der Waals surface area (Å²) in [4.78, 5) is 2.36. The highest BCUT2D eigenvalue weighted by atomic mass is 16.5. The molecule has 9 aromatic rings. The van der Waals surface area contributed by atoms with Crippen LogP contribution in [0.15, 0.2) is 212 Å². The Morgan fingerprint density at radius 1 is 0.446 bits per heavy atom. The van der Waals surface area contributed by atoms with Crippen LogP contribution < -0.4 is 9.64 Å². The maximum absolute atomic E-state index is 6.54. The van der Waals surface area contributed by atoms with Gasteiger partial charge in [-0.15, -0.1) is 0 Å². The largest absolute Gasteiger partial charge is 0.460 e. The van der Waals surface area contributed by atoms with Crippen molar-refractivity contribution in [3.63, 3.8) is 0 Å². The van der Waals surface area contributed by atoms with E-state index in [9.17, 15) is 0 Å². The Labute approximate surface area is 326 Å². The van der Waals surface area contributed by atoms with Crippen LogP contribution in [0.4, 0.5) is 17.1 Å². The minimum absolute atomic E-state index is 0.290. The molecule has 0 spiro atoms. The Balaban J connectivity index is 0.987. The molecule has 1 unspecified atom stereocenters. The number of para-hydroxylation sites is 1. The summed E-state index contributed by atoms with van der Waals surface area (Å²) in [7, 11) is 0. The van der Waals surface area contributed by atoms with Gasteiger partial charge < -0.3 is 9.64 Å². The quantitative estimate of drug-likeness (QED) is 0.159. The molecule has 0 radical (unpaired) electrons. The molecule has 1 aliphatic carbocycles. The minimum atomic E-state index is 0.290. The summed E-state index contributed by atoms with van der Waals surface area (Å²) in [5.74, 6) is 2.31. The third-order valence-corrected chi connectivity index (χ3v) is 11.6. The molecule has 2 aliphatic rings. The summed E-state index contributed by atoms with van der Waals surface area (Å²) in [6, 6.07) is 68.5. The van der Waals surface area contributed by atoms with Crippen molar-refractivity contribution < 1.29 is 4.74 Å². The second kappa shape index (κ2) is 13.3. The summed E-state index contributed by atoms with van der Waals surface area (Å²) >= 11 is 0. The maximum Gasteiger partial charge on any atom is 0.138 e. The van der Waals surface area contributed by atoms with Crippen LogP contribution in [0.25, 0.3) is 65.7 Å². The fourth-order valence-electron chi connectivity index (χ4n) is 8.80. The van der Waals surface area contributed by atoms with Crippen molar-refractivity contribution in [2.24, 2.45) is 0 Å². The molecule has 2 heteroatoms. The first-order chi connectivity index (χ1) is 27.7. The van der Waals surface area contributed by atoms with E-state index in [-0.39, 0.29) is 5.92 Å². The molecular weight excluding hydrogens is 679 g/mol. The van der Waals surface area contributed by atoms with Crippen LogP contribution in [0, 0.1) is 0 Å². The van der Waals surface area contributed by atoms with Gasteiger partial charge in [-0.25, -0.2) is 0 Å². The Morgan fingerprint density at radius 2 is 1.09 bits per heavy atom. The van der Waals surface area contributed by atoms with Crippen LogP contribution in [-0.4, -0.2) is 0 Å². The second-order valence-electron chi connectivity index (χ2n) is 14.8. The molecule has 0 amide bonds. The topological polar surface area (TPSA) is 12.5 Å². The smallest absolute Gasteiger partial charge is 0.138 e. The monoisotopic (exact) mass is 715 g/mol. The lowest BCUT2D eigenvalue weighted by molar-refractivity contribution is 0.426. The van der Waals surface area contributed by atoms with E-state index in [2.05, 4.69) is 211 Å². The predicted octanol–water partition coefficient (Wildman–Crippen LogP) is 14.9. The van der Waals surface area contributed by atoms with E-state index >= 15 is 0 Å². The van der Waals surface area contributed by atoms with E-state index in [4.69, 9.17) is 4.74 Å². The van der Waals surface area contributed by atoms with Crippen molar-refractivity contribution >= 4 is 49.4 Å². The Morgan fingerprint density at radius 3 is 1.91 bits per heavy atom. The molecule has 56 heavy (non-hydrogen) atoms. The Kier molecular flexibility index (Phi) is 7.67. The summed E-state index contributed by atoms with van der Waals surface area (Å²) < 4.78 is 6.54. The zero-order valence-corrected chi connectivity index (χ0v) is 30.8. The average Bonchev–Trinajstić information content (AvgIpc) is 3.66. The number of allylic oxidation sites excluding steroid dienone is 4. The van der Waals surface area contributed by atoms with E-state index in [0.29, 0.717) is 0 Å². The first-order valence-corrected chi connectivity index (χ1v) is 19.4. The molecule has 264 valence electrons. The average molecular weight is 716 g/mol. The lowest BCUT2D eigenvalue weighted by Gasteiger charge is -2.26. The normalized spacial score (nSPS) is 14.4. The van der Waals surface area contributed by atoms with Gasteiger partial charge in [0.25, 0.3) is 0 Å². The number of anilines is 3. The van der Waals surface area contributed by atoms with Crippen molar-refractivity contribution in [1.29, 1.82) is 0 Å². The van der Waals surface area contributed by atoms with Crippen molar-refractivity contribution in [2.75, 3.05) is 4.90 Å². The molecule has 0 fully saturated rings. The number of hydrogen-bond acceptors (Lipinski definition) is 2. The molecular formula is C54H37NO. The summed E-state index contributed by atoms with van der Waals surface area (Å²) in [6.45, 7) is 0. The molecule has 11 rings (SSSR count). The van der Waals surface area contributed by atoms with Crippen LogP contribution >= 0.6 is 0 Å². The van der Waals surface area contributed by atoms with E-state index < -0.39 is 0 Å². The highest BCUT2D eigenvalue weighted by molar-refractivity contribution is 6.20. The lowest BCUT2D eigenvalue weighted by atomic mass is 9.90. The van der Waals surface area contributed by atoms with Crippen molar-refractivity contribution in [3.05, 3.63) is 218 Å². The minimum Gasteiger partial charge on any atom is -0.460 e. The first kappa shape index (κ1) is 32.3. The van der Waals surface area contributed by atoms with E-state index in [1.807, 2.05) is 0 Å². The second-order valence-corrected chi connectivity index (χ2v) is 14.8. The number of benzene rings is 9. The number of ether oxygens (including phenoxy) is 1. The summed E-state index contributed by atoms with van der Waals surface area (Å²) in [6.07, 6.45) is 7.42. The summed E-state index contributed by atoms with van der Waals surface area (Å²) in [5, 5.41) is 7.68. The number of nitrogens with zero attached hydrogens (tertiary/aromatic N) is 1. The van der Waals surface area contributed by atoms with Gasteiger partial charge in [0.15, 0.2) is 0 Å². The zero-order chi connectivity index (χ0) is 37.0. The molecule has 2 nitrogen and oxygen atoms in total. The van der Waals surface area contributed by atoms with Gasteiger partial charge in [-0.3, -0.25) is 0 Å². The van der Waals surface area contributed by atoms with Gasteiger partial charge in [-0.1, -0.05) is 158 Å². The van der Waals surface area contributed by atoms with Gasteiger partial charge in [-0.05, 0) is 115 Å². The van der Waals surface area contributed by atoms with Crippen LogP contribution in [-0.2, 0) is 0 Å². The van der Waals surface area contributed by atoms with Gasteiger partial charge in [0.05, 0.1) is 0 Å². The molecule has 0 aromatic heterocycles. The van der Waals surface area contributed by atoms with Gasteiger partial charge in [0, 0.05) is 34.1 Å². The molecule has 1 heterocycles. The van der Waals surface area contributed by atoms with Crippen LogP contribution in [0.1, 0.15) is 17.9 Å². The number of rotatable bonds is 6. The fourth-order valence-corrected chi connectivity index (χ4v) is 8.80. The third-order valence-electron chi connectivity index (χ3n) is 11.6. The molecule has 9 aromatic carbocycles. The van der Waals surface area contributed by atoms with Crippen molar-refractivity contribution in [2.45, 2.75) is 12.3 Å². The van der Waals surface area contributed by atoms with Crippen LogP contribution in [0.5, 0.6) is 5.75 Å². The molecule has 1 atom stereocenters. The van der Waals surface area contributed by atoms with E-state index in [1.165, 1.54) is 60.1 Å². The third kappa shape index (κ3) is 5.49. The SMILES string of the molecule is C1=CCC2C(=C1)Oc1c(-c3cccc(N(c4ccc(-c5ccccc5)cc4)c4ccc(-c5ccc6c(ccc7ccc8ccccc8c76)c5)cc4)c3)cccc12. The van der Waals surface area contributed by atoms with Crippen molar-refractivity contribution in [3.8, 4) is 39.1 Å². The highest BCUT2D eigenvalue weighted by Gasteiger charge is 2.32. The molecule has 0 saturated carbocycles. The van der Waals surface area contributed by atoms with E-state index in [1.54, 1.807) is 0 Å². The molecule has 0 N–H and O–H groups in total. The fraction of sp³-hybridized carbons (Fsp3) is 0.0370. The van der Waals surface area contributed by atoms with Crippen LogP contribution in [0.2, 0.25) is 0 Å². The molecule has 0 saturated heterocycles. The highest BCUT2D eigenvalue weighted by Crippen LogP contribution is 2.49. The first-order valence-electron chi connectivity index (χ1n) is 19.4. The van der Waals surface area contributed by atoms with E-state index in [0.717, 1.165) is 46.1 Å². The Hall–Kier alpha value is -7.16.